The molecule has 0 saturated heterocycles. The molecule has 0 atom stereocenters. The van der Waals surface area contributed by atoms with Gasteiger partial charge in [-0.15, -0.1) is 0 Å². The summed E-state index contributed by atoms with van der Waals surface area (Å²) in [5, 5.41) is 7.42. The molecule has 1 N–H and O–H groups in total. The zero-order valence-corrected chi connectivity index (χ0v) is 13.4. The molecule has 3 rings (SSSR count). The second-order valence-corrected chi connectivity index (χ2v) is 5.44. The van der Waals surface area contributed by atoms with Crippen LogP contribution in [0.15, 0.2) is 53.5 Å². The molecule has 122 valence electrons. The third-order valence-corrected chi connectivity index (χ3v) is 3.68. The Hall–Kier alpha value is -3.15. The van der Waals surface area contributed by atoms with Crippen LogP contribution in [0.25, 0.3) is 10.9 Å². The van der Waals surface area contributed by atoms with Crippen molar-refractivity contribution >= 4 is 22.5 Å². The first-order valence-electron chi connectivity index (χ1n) is 7.48. The van der Waals surface area contributed by atoms with Gasteiger partial charge in [0, 0.05) is 5.39 Å². The molecule has 0 spiro atoms. The van der Waals surface area contributed by atoms with Crippen LogP contribution < -0.4 is 15.5 Å². The van der Waals surface area contributed by atoms with Crippen LogP contribution in [0.3, 0.4) is 0 Å². The highest BCUT2D eigenvalue weighted by atomic mass is 16.5. The average Bonchev–Trinajstić information content (AvgIpc) is 2.58. The molecule has 1 amide bonds. The Balaban J connectivity index is 1.88. The molecule has 1 aromatic heterocycles. The zero-order chi connectivity index (χ0) is 17.1. The molecule has 2 aromatic carbocycles. The number of hydrogen-bond acceptors (Lipinski definition) is 4. The Morgan fingerprint density at radius 1 is 1.25 bits per heavy atom. The van der Waals surface area contributed by atoms with Crippen LogP contribution in [0.5, 0.6) is 5.75 Å². The molecule has 1 heterocycles. The molecule has 0 radical (unpaired) electrons. The Morgan fingerprint density at radius 3 is 2.83 bits per heavy atom. The van der Waals surface area contributed by atoms with Crippen LogP contribution >= 0.6 is 0 Å². The fourth-order valence-corrected chi connectivity index (χ4v) is 2.53. The first kappa shape index (κ1) is 15.7. The number of fused-ring (bicyclic) bond motifs is 1. The third kappa shape index (κ3) is 3.12. The van der Waals surface area contributed by atoms with Gasteiger partial charge < -0.3 is 10.1 Å². The summed E-state index contributed by atoms with van der Waals surface area (Å²) < 4.78 is 6.77. The van der Waals surface area contributed by atoms with Crippen molar-refractivity contribution < 1.29 is 9.53 Å². The Bertz CT molecular complexity index is 963. The largest absolute Gasteiger partial charge is 0.495 e. The number of carbonyl (C=O) groups is 1. The summed E-state index contributed by atoms with van der Waals surface area (Å²) >= 11 is 0. The number of methoxy groups -OCH3 is 1. The van der Waals surface area contributed by atoms with E-state index >= 15 is 0 Å². The van der Waals surface area contributed by atoms with Gasteiger partial charge in [0.15, 0.2) is 0 Å². The fourth-order valence-electron chi connectivity index (χ4n) is 2.53. The van der Waals surface area contributed by atoms with E-state index in [-0.39, 0.29) is 17.9 Å². The minimum absolute atomic E-state index is 0.00209. The molecule has 0 unspecified atom stereocenters. The molecule has 24 heavy (non-hydrogen) atoms. The normalized spacial score (nSPS) is 10.6. The standard InChI is InChI=1S/C18H17N3O3/c1-12-7-8-17(24-2)14(9-12)20-18(23)11-21-15-6-4-3-5-13(15)16(22)10-19-21/h3-10H,11H2,1-2H3,(H,20,23). The predicted molar refractivity (Wildman–Crippen MR) is 92.4 cm³/mol. The van der Waals surface area contributed by atoms with E-state index in [0.29, 0.717) is 22.3 Å². The van der Waals surface area contributed by atoms with Gasteiger partial charge >= 0.3 is 0 Å². The second-order valence-electron chi connectivity index (χ2n) is 5.44. The van der Waals surface area contributed by atoms with Gasteiger partial charge in [-0.1, -0.05) is 18.2 Å². The minimum atomic E-state index is -0.250. The first-order chi connectivity index (χ1) is 11.6. The Morgan fingerprint density at radius 2 is 2.04 bits per heavy atom. The van der Waals surface area contributed by atoms with E-state index < -0.39 is 0 Å². The number of amides is 1. The van der Waals surface area contributed by atoms with E-state index in [0.717, 1.165) is 5.56 Å². The van der Waals surface area contributed by atoms with Gasteiger partial charge in [0.05, 0.1) is 24.5 Å². The van der Waals surface area contributed by atoms with Crippen molar-refractivity contribution in [2.75, 3.05) is 12.4 Å². The van der Waals surface area contributed by atoms with Crippen LogP contribution in [0.1, 0.15) is 5.56 Å². The number of aromatic nitrogens is 2. The molecule has 6 nitrogen and oxygen atoms in total. The second kappa shape index (κ2) is 6.54. The lowest BCUT2D eigenvalue weighted by atomic mass is 10.2. The van der Waals surface area contributed by atoms with Crippen LogP contribution in [0, 0.1) is 6.92 Å². The number of carbonyl (C=O) groups excluding carboxylic acids is 1. The smallest absolute Gasteiger partial charge is 0.246 e. The van der Waals surface area contributed by atoms with Crippen molar-refractivity contribution in [3.8, 4) is 5.75 Å². The van der Waals surface area contributed by atoms with Gasteiger partial charge in [-0.25, -0.2) is 0 Å². The van der Waals surface area contributed by atoms with E-state index in [4.69, 9.17) is 4.74 Å². The highest BCUT2D eigenvalue weighted by Crippen LogP contribution is 2.25. The number of nitrogens with one attached hydrogen (secondary N) is 1. The molecule has 0 bridgehead atoms. The lowest BCUT2D eigenvalue weighted by molar-refractivity contribution is -0.116. The van der Waals surface area contributed by atoms with Crippen LogP contribution in [0.4, 0.5) is 5.69 Å². The summed E-state index contributed by atoms with van der Waals surface area (Å²) in [5.41, 5.74) is 2.07. The Kier molecular flexibility index (Phi) is 4.29. The molecule has 3 aromatic rings. The van der Waals surface area contributed by atoms with Gasteiger partial charge in [0.1, 0.15) is 12.3 Å². The zero-order valence-electron chi connectivity index (χ0n) is 13.4. The lowest BCUT2D eigenvalue weighted by Crippen LogP contribution is -2.22. The van der Waals surface area contributed by atoms with Gasteiger partial charge in [-0.2, -0.15) is 5.10 Å². The first-order valence-corrected chi connectivity index (χ1v) is 7.48. The molecule has 0 aliphatic carbocycles. The number of aryl methyl sites for hydroxylation is 1. The number of para-hydroxylation sites is 1. The van der Waals surface area contributed by atoms with Gasteiger partial charge in [0.25, 0.3) is 0 Å². The quantitative estimate of drug-likeness (QED) is 0.800. The summed E-state index contributed by atoms with van der Waals surface area (Å²) in [6.45, 7) is 1.93. The SMILES string of the molecule is COc1ccc(C)cc1NC(=O)Cn1ncc(=O)c2ccccc21. The molecule has 0 aliphatic rings. The van der Waals surface area contributed by atoms with E-state index in [1.807, 2.05) is 19.1 Å². The maximum absolute atomic E-state index is 12.4. The maximum atomic E-state index is 12.4. The summed E-state index contributed by atoms with van der Waals surface area (Å²) in [5.74, 6) is 0.340. The number of hydrogen-bond donors (Lipinski definition) is 1. The highest BCUT2D eigenvalue weighted by Gasteiger charge is 2.11. The van der Waals surface area contributed by atoms with Crippen molar-refractivity contribution in [3.63, 3.8) is 0 Å². The van der Waals surface area contributed by atoms with Crippen molar-refractivity contribution in [3.05, 3.63) is 64.4 Å². The molecule has 0 fully saturated rings. The van der Waals surface area contributed by atoms with E-state index in [2.05, 4.69) is 10.4 Å². The monoisotopic (exact) mass is 323 g/mol. The summed E-state index contributed by atoms with van der Waals surface area (Å²) in [6.07, 6.45) is 1.23. The van der Waals surface area contributed by atoms with Gasteiger partial charge in [-0.05, 0) is 36.8 Å². The summed E-state index contributed by atoms with van der Waals surface area (Å²) in [6, 6.07) is 12.6. The van der Waals surface area contributed by atoms with Crippen molar-refractivity contribution in [2.45, 2.75) is 13.5 Å². The third-order valence-electron chi connectivity index (χ3n) is 3.68. The number of benzene rings is 2. The van der Waals surface area contributed by atoms with E-state index in [1.54, 1.807) is 37.4 Å². The van der Waals surface area contributed by atoms with Crippen molar-refractivity contribution in [2.24, 2.45) is 0 Å². The molecular weight excluding hydrogens is 306 g/mol. The summed E-state index contributed by atoms with van der Waals surface area (Å²) in [7, 11) is 1.55. The van der Waals surface area contributed by atoms with Gasteiger partial charge in [-0.3, -0.25) is 14.3 Å². The van der Waals surface area contributed by atoms with Crippen molar-refractivity contribution in [1.29, 1.82) is 0 Å². The molecular formula is C18H17N3O3. The Labute approximate surface area is 138 Å². The minimum Gasteiger partial charge on any atom is -0.495 e. The van der Waals surface area contributed by atoms with Crippen LogP contribution in [0.2, 0.25) is 0 Å². The molecule has 6 heteroatoms. The fraction of sp³-hybridized carbons (Fsp3) is 0.167. The number of anilines is 1. The average molecular weight is 323 g/mol. The number of ether oxygens (including phenoxy) is 1. The van der Waals surface area contributed by atoms with E-state index in [9.17, 15) is 9.59 Å². The number of nitrogens with zero attached hydrogens (tertiary/aromatic N) is 2. The topological polar surface area (TPSA) is 73.2 Å². The van der Waals surface area contributed by atoms with Crippen LogP contribution in [-0.4, -0.2) is 22.8 Å². The van der Waals surface area contributed by atoms with Crippen molar-refractivity contribution in [1.82, 2.24) is 9.78 Å². The molecule has 0 saturated carbocycles. The van der Waals surface area contributed by atoms with E-state index in [1.165, 1.54) is 10.9 Å². The lowest BCUT2D eigenvalue weighted by Gasteiger charge is -2.12. The predicted octanol–water partition coefficient (Wildman–Crippen LogP) is 2.35. The summed E-state index contributed by atoms with van der Waals surface area (Å²) in [4.78, 5) is 24.2. The highest BCUT2D eigenvalue weighted by molar-refractivity contribution is 5.93. The van der Waals surface area contributed by atoms with Gasteiger partial charge in [0.2, 0.25) is 11.3 Å². The molecule has 0 aliphatic heterocycles. The maximum Gasteiger partial charge on any atom is 0.246 e. The van der Waals surface area contributed by atoms with Crippen LogP contribution in [-0.2, 0) is 11.3 Å². The number of rotatable bonds is 4.